The standard InChI is InChI=1S/C18H19ClO4/c1-21-8-5-9-22-16-10-15(18(19)20)11-17(12-16)23-13-14-6-3-2-4-7-14/h2-4,6-7,10-12H,5,8-9,13H2,1H3. The highest BCUT2D eigenvalue weighted by atomic mass is 35.5. The van der Waals surface area contributed by atoms with Crippen LogP contribution in [0.15, 0.2) is 48.5 Å². The van der Waals surface area contributed by atoms with E-state index in [4.69, 9.17) is 25.8 Å². The average Bonchev–Trinajstić information content (AvgIpc) is 2.58. The van der Waals surface area contributed by atoms with E-state index in [1.807, 2.05) is 30.3 Å². The fourth-order valence-electron chi connectivity index (χ4n) is 1.99. The summed E-state index contributed by atoms with van der Waals surface area (Å²) >= 11 is 5.58. The Morgan fingerprint density at radius 3 is 2.35 bits per heavy atom. The van der Waals surface area contributed by atoms with Gasteiger partial charge in [-0.05, 0) is 29.3 Å². The highest BCUT2D eigenvalue weighted by molar-refractivity contribution is 6.67. The maximum Gasteiger partial charge on any atom is 0.252 e. The Hall–Kier alpha value is -2.04. The summed E-state index contributed by atoms with van der Waals surface area (Å²) in [6.07, 6.45) is 0.760. The van der Waals surface area contributed by atoms with E-state index in [0.717, 1.165) is 12.0 Å². The lowest BCUT2D eigenvalue weighted by Gasteiger charge is -2.11. The van der Waals surface area contributed by atoms with Gasteiger partial charge in [0.25, 0.3) is 5.24 Å². The normalized spacial score (nSPS) is 10.3. The Morgan fingerprint density at radius 2 is 1.70 bits per heavy atom. The summed E-state index contributed by atoms with van der Waals surface area (Å²) in [7, 11) is 1.64. The molecule has 4 nitrogen and oxygen atoms in total. The van der Waals surface area contributed by atoms with Crippen LogP contribution in [0.25, 0.3) is 0 Å². The van der Waals surface area contributed by atoms with E-state index in [2.05, 4.69) is 0 Å². The third-order valence-corrected chi connectivity index (χ3v) is 3.34. The average molecular weight is 335 g/mol. The molecule has 23 heavy (non-hydrogen) atoms. The van der Waals surface area contributed by atoms with Crippen molar-refractivity contribution in [1.82, 2.24) is 0 Å². The van der Waals surface area contributed by atoms with Crippen molar-refractivity contribution < 1.29 is 19.0 Å². The number of benzene rings is 2. The largest absolute Gasteiger partial charge is 0.493 e. The van der Waals surface area contributed by atoms with Crippen molar-refractivity contribution in [2.24, 2.45) is 0 Å². The molecule has 2 rings (SSSR count). The van der Waals surface area contributed by atoms with E-state index >= 15 is 0 Å². The number of carbonyl (C=O) groups excluding carboxylic acids is 1. The predicted molar refractivity (Wildman–Crippen MR) is 89.4 cm³/mol. The lowest BCUT2D eigenvalue weighted by Crippen LogP contribution is -2.03. The summed E-state index contributed by atoms with van der Waals surface area (Å²) in [5, 5.41) is -0.545. The van der Waals surface area contributed by atoms with Crippen molar-refractivity contribution in [2.75, 3.05) is 20.3 Å². The maximum atomic E-state index is 11.4. The number of rotatable bonds is 9. The van der Waals surface area contributed by atoms with E-state index < -0.39 is 5.24 Å². The van der Waals surface area contributed by atoms with Gasteiger partial charge in [-0.15, -0.1) is 0 Å². The molecule has 0 aromatic heterocycles. The number of carbonyl (C=O) groups is 1. The van der Waals surface area contributed by atoms with Gasteiger partial charge in [-0.2, -0.15) is 0 Å². The highest BCUT2D eigenvalue weighted by Crippen LogP contribution is 2.25. The van der Waals surface area contributed by atoms with Crippen LogP contribution in [0.4, 0.5) is 0 Å². The number of halogens is 1. The van der Waals surface area contributed by atoms with Gasteiger partial charge in [0.2, 0.25) is 0 Å². The molecule has 2 aromatic rings. The minimum absolute atomic E-state index is 0.346. The summed E-state index contributed by atoms with van der Waals surface area (Å²) in [5.74, 6) is 1.10. The molecule has 0 saturated heterocycles. The van der Waals surface area contributed by atoms with E-state index in [1.54, 1.807) is 25.3 Å². The Bertz CT molecular complexity index is 628. The van der Waals surface area contributed by atoms with Crippen molar-refractivity contribution in [1.29, 1.82) is 0 Å². The molecular formula is C18H19ClO4. The molecule has 0 radical (unpaired) electrons. The highest BCUT2D eigenvalue weighted by Gasteiger charge is 2.08. The topological polar surface area (TPSA) is 44.8 Å². The number of methoxy groups -OCH3 is 1. The van der Waals surface area contributed by atoms with Gasteiger partial charge in [-0.1, -0.05) is 30.3 Å². The second-order valence-electron chi connectivity index (χ2n) is 4.94. The second kappa shape index (κ2) is 9.18. The van der Waals surface area contributed by atoms with Gasteiger partial charge in [0, 0.05) is 31.8 Å². The van der Waals surface area contributed by atoms with Crippen LogP contribution >= 0.6 is 11.6 Å². The van der Waals surface area contributed by atoms with Crippen LogP contribution in [0.3, 0.4) is 0 Å². The molecule has 122 valence electrons. The zero-order valence-corrected chi connectivity index (χ0v) is 13.7. The molecule has 0 amide bonds. The van der Waals surface area contributed by atoms with E-state index in [9.17, 15) is 4.79 Å². The first-order chi connectivity index (χ1) is 11.2. The third-order valence-electron chi connectivity index (χ3n) is 3.12. The van der Waals surface area contributed by atoms with Crippen LogP contribution in [0.5, 0.6) is 11.5 Å². The lowest BCUT2D eigenvalue weighted by molar-refractivity contribution is 0.108. The fraction of sp³-hybridized carbons (Fsp3) is 0.278. The molecule has 0 N–H and O–H groups in total. The van der Waals surface area contributed by atoms with E-state index in [0.29, 0.717) is 36.9 Å². The van der Waals surface area contributed by atoms with Gasteiger partial charge in [-0.25, -0.2) is 0 Å². The SMILES string of the molecule is COCCCOc1cc(OCc2ccccc2)cc(C(=O)Cl)c1. The molecule has 0 heterocycles. The summed E-state index contributed by atoms with van der Waals surface area (Å²) < 4.78 is 16.3. The zero-order chi connectivity index (χ0) is 16.5. The maximum absolute atomic E-state index is 11.4. The molecule has 0 bridgehead atoms. The molecule has 0 atom stereocenters. The quantitative estimate of drug-likeness (QED) is 0.512. The van der Waals surface area contributed by atoms with Gasteiger partial charge in [0.1, 0.15) is 18.1 Å². The van der Waals surface area contributed by atoms with Crippen LogP contribution in [0, 0.1) is 0 Å². The molecular weight excluding hydrogens is 316 g/mol. The summed E-state index contributed by atoms with van der Waals surface area (Å²) in [6.45, 7) is 1.52. The molecule has 0 saturated carbocycles. The number of hydrogen-bond acceptors (Lipinski definition) is 4. The van der Waals surface area contributed by atoms with Crippen LogP contribution in [0.2, 0.25) is 0 Å². The first-order valence-corrected chi connectivity index (χ1v) is 7.70. The van der Waals surface area contributed by atoms with E-state index in [-0.39, 0.29) is 0 Å². The van der Waals surface area contributed by atoms with Crippen molar-refractivity contribution in [3.8, 4) is 11.5 Å². The van der Waals surface area contributed by atoms with Crippen molar-refractivity contribution >= 4 is 16.8 Å². The molecule has 0 fully saturated rings. The smallest absolute Gasteiger partial charge is 0.252 e. The van der Waals surface area contributed by atoms with Crippen molar-refractivity contribution in [3.05, 3.63) is 59.7 Å². The summed E-state index contributed by atoms with van der Waals surface area (Å²) in [5.41, 5.74) is 1.39. The predicted octanol–water partition coefficient (Wildman–Crippen LogP) is 4.06. The van der Waals surface area contributed by atoms with Gasteiger partial charge in [0.15, 0.2) is 0 Å². The first-order valence-electron chi connectivity index (χ1n) is 7.32. The van der Waals surface area contributed by atoms with Crippen molar-refractivity contribution in [2.45, 2.75) is 13.0 Å². The van der Waals surface area contributed by atoms with Crippen LogP contribution in [-0.4, -0.2) is 25.6 Å². The molecule has 0 aliphatic heterocycles. The Kier molecular flexibility index (Phi) is 6.91. The zero-order valence-electron chi connectivity index (χ0n) is 13.0. The summed E-state index contributed by atoms with van der Waals surface area (Å²) in [6, 6.07) is 14.8. The Balaban J connectivity index is 2.05. The van der Waals surface area contributed by atoms with Gasteiger partial charge in [0.05, 0.1) is 6.61 Å². The number of hydrogen-bond donors (Lipinski definition) is 0. The lowest BCUT2D eigenvalue weighted by atomic mass is 10.2. The molecule has 0 spiro atoms. The molecule has 5 heteroatoms. The molecule has 0 aliphatic rings. The Morgan fingerprint density at radius 1 is 1.00 bits per heavy atom. The summed E-state index contributed by atoms with van der Waals surface area (Å²) in [4.78, 5) is 11.4. The molecule has 0 aliphatic carbocycles. The second-order valence-corrected chi connectivity index (χ2v) is 5.28. The third kappa shape index (κ3) is 5.93. The van der Waals surface area contributed by atoms with Crippen LogP contribution in [0.1, 0.15) is 22.3 Å². The minimum Gasteiger partial charge on any atom is -0.493 e. The van der Waals surface area contributed by atoms with Gasteiger partial charge in [-0.3, -0.25) is 4.79 Å². The van der Waals surface area contributed by atoms with Crippen molar-refractivity contribution in [3.63, 3.8) is 0 Å². The van der Waals surface area contributed by atoms with E-state index in [1.165, 1.54) is 0 Å². The van der Waals surface area contributed by atoms with Crippen LogP contribution < -0.4 is 9.47 Å². The Labute approximate surface area is 140 Å². The van der Waals surface area contributed by atoms with Gasteiger partial charge >= 0.3 is 0 Å². The monoisotopic (exact) mass is 334 g/mol. The molecule has 2 aromatic carbocycles. The van der Waals surface area contributed by atoms with Gasteiger partial charge < -0.3 is 14.2 Å². The minimum atomic E-state index is -0.545. The first kappa shape index (κ1) is 17.3. The fourth-order valence-corrected chi connectivity index (χ4v) is 2.10. The van der Waals surface area contributed by atoms with Crippen LogP contribution in [-0.2, 0) is 11.3 Å². The molecule has 0 unspecified atom stereocenters. The number of ether oxygens (including phenoxy) is 3.